The number of hydrogen-bond donors (Lipinski definition) is 3. The van der Waals surface area contributed by atoms with Crippen LogP contribution in [-0.2, 0) is 4.57 Å². The summed E-state index contributed by atoms with van der Waals surface area (Å²) in [6.07, 6.45) is 1.95. The normalized spacial score (nSPS) is 13.6. The van der Waals surface area contributed by atoms with Crippen LogP contribution >= 0.6 is 39.0 Å². The average Bonchev–Trinajstić information content (AvgIpc) is 1.76. The summed E-state index contributed by atoms with van der Waals surface area (Å²) in [6, 6.07) is 0. The fourth-order valence-corrected chi connectivity index (χ4v) is 2.53. The molecule has 0 aromatic rings. The smallest absolute Gasteiger partial charge is 0.107 e. The van der Waals surface area contributed by atoms with E-state index in [0.29, 0.717) is 6.54 Å². The van der Waals surface area contributed by atoms with Crippen LogP contribution in [0.15, 0.2) is 0 Å². The van der Waals surface area contributed by atoms with Crippen molar-refractivity contribution in [1.82, 2.24) is 5.09 Å². The number of nitrogens with one attached hydrogen (secondary N) is 1. The van der Waals surface area contributed by atoms with Crippen molar-refractivity contribution in [3.8, 4) is 0 Å². The Kier molecular flexibility index (Phi) is 8.60. The second kappa shape index (κ2) is 6.70. The van der Waals surface area contributed by atoms with Gasteiger partial charge in [0.1, 0.15) is 0 Å². The van der Waals surface area contributed by atoms with Crippen LogP contribution in [0.5, 0.6) is 0 Å². The minimum Gasteiger partial charge on any atom is -0.107 e. The molecule has 0 aromatic heterocycles. The van der Waals surface area contributed by atoms with E-state index in [2.05, 4.69) is 25.1 Å². The molecule has 0 radical (unpaired) electrons. The molecule has 0 rings (SSSR count). The maximum absolute atomic E-state index is 10.4. The Morgan fingerprint density at radius 1 is 1.31 bits per heavy atom. The molecule has 0 aliphatic rings. The van der Waals surface area contributed by atoms with Gasteiger partial charge in [0.2, 0.25) is 0 Å². The van der Waals surface area contributed by atoms with Gasteiger partial charge in [0.25, 0.3) is 0 Å². The molecule has 0 aliphatic carbocycles. The van der Waals surface area contributed by atoms with Gasteiger partial charge >= 0.3 is 73.6 Å². The van der Waals surface area contributed by atoms with Gasteiger partial charge < -0.3 is 0 Å². The number of halogens is 1. The van der Waals surface area contributed by atoms with Crippen molar-refractivity contribution in [2.24, 2.45) is 0 Å². The summed E-state index contributed by atoms with van der Waals surface area (Å²) in [5.74, 6) is 0. The third kappa shape index (κ3) is 16.0. The molecule has 7 heteroatoms. The predicted molar refractivity (Wildman–Crippen MR) is 71.0 cm³/mol. The Hall–Kier alpha value is 1.27. The maximum atomic E-state index is 10.4. The van der Waals surface area contributed by atoms with Gasteiger partial charge in [0.05, 0.1) is 0 Å². The van der Waals surface area contributed by atoms with E-state index in [1.807, 2.05) is 0 Å². The number of hydrogen-bond acceptors (Lipinski definition) is 1. The van der Waals surface area contributed by atoms with E-state index in [0.717, 1.165) is 12.6 Å². The summed E-state index contributed by atoms with van der Waals surface area (Å²) >= 11 is 0. The van der Waals surface area contributed by atoms with Gasteiger partial charge in [-0.25, -0.2) is 0 Å². The minimum atomic E-state index is -3.98. The Morgan fingerprint density at radius 2 is 1.77 bits per heavy atom. The Morgan fingerprint density at radius 3 is 2.08 bits per heavy atom. The van der Waals surface area contributed by atoms with Gasteiger partial charge in [-0.1, -0.05) is 0 Å². The molecule has 0 saturated heterocycles. The summed E-state index contributed by atoms with van der Waals surface area (Å²) in [4.78, 5) is 16.9. The SMILES string of the molecule is C[PH](C)(C)CCCNP(=O)(O)O.I. The average molecular weight is 343 g/mol. The second-order valence-corrected chi connectivity index (χ2v) is 11.1. The zero-order chi connectivity index (χ0) is 9.83. The fourth-order valence-electron chi connectivity index (χ4n) is 0.843. The van der Waals surface area contributed by atoms with Crippen LogP contribution < -0.4 is 5.09 Å². The Balaban J connectivity index is 0. The standard InChI is InChI=1S/C6H19NO3P2.HI/c1-11(2,3)6-4-5-7-12(8,9)10;/h11H,4-6H2,1-3H3,(H3,7,8,9,10);1H. The van der Waals surface area contributed by atoms with E-state index in [-0.39, 0.29) is 24.0 Å². The molecule has 0 saturated carbocycles. The van der Waals surface area contributed by atoms with Crippen LogP contribution in [-0.4, -0.2) is 42.5 Å². The molecule has 0 unspecified atom stereocenters. The minimum absolute atomic E-state index is 0. The van der Waals surface area contributed by atoms with Crippen molar-refractivity contribution in [2.75, 3.05) is 32.7 Å². The zero-order valence-electron chi connectivity index (χ0n) is 8.28. The Bertz CT molecular complexity index is 177. The molecule has 0 amide bonds. The van der Waals surface area contributed by atoms with Gasteiger partial charge in [-0.2, -0.15) is 0 Å². The molecule has 0 heterocycles. The van der Waals surface area contributed by atoms with Crippen LogP contribution in [0.4, 0.5) is 0 Å². The van der Waals surface area contributed by atoms with E-state index < -0.39 is 15.0 Å². The second-order valence-electron chi connectivity index (χ2n) is 4.12. The molecule has 0 bridgehead atoms. The van der Waals surface area contributed by atoms with Crippen LogP contribution in [0.2, 0.25) is 0 Å². The molecule has 0 fully saturated rings. The molecule has 0 aromatic carbocycles. The van der Waals surface area contributed by atoms with Crippen molar-refractivity contribution in [3.63, 3.8) is 0 Å². The molecule has 3 N–H and O–H groups in total. The van der Waals surface area contributed by atoms with Crippen molar-refractivity contribution < 1.29 is 14.4 Å². The van der Waals surface area contributed by atoms with E-state index in [4.69, 9.17) is 9.79 Å². The van der Waals surface area contributed by atoms with Crippen LogP contribution in [0.1, 0.15) is 6.42 Å². The first-order chi connectivity index (χ1) is 5.21. The first-order valence-electron chi connectivity index (χ1n) is 4.01. The molecule has 4 nitrogen and oxygen atoms in total. The van der Waals surface area contributed by atoms with Crippen molar-refractivity contribution in [1.29, 1.82) is 0 Å². The van der Waals surface area contributed by atoms with Crippen molar-refractivity contribution in [2.45, 2.75) is 6.42 Å². The first kappa shape index (κ1) is 16.7. The van der Waals surface area contributed by atoms with E-state index in [1.165, 1.54) is 0 Å². The summed E-state index contributed by atoms with van der Waals surface area (Å²) in [7, 11) is -5.03. The van der Waals surface area contributed by atoms with Crippen LogP contribution in [0, 0.1) is 0 Å². The number of rotatable bonds is 5. The molecule has 0 atom stereocenters. The van der Waals surface area contributed by atoms with Crippen LogP contribution in [0.25, 0.3) is 0 Å². The fraction of sp³-hybridized carbons (Fsp3) is 1.00. The largest absolute Gasteiger partial charge is 0.107 e. The van der Waals surface area contributed by atoms with E-state index >= 15 is 0 Å². The van der Waals surface area contributed by atoms with Gasteiger partial charge in [-0.05, 0) is 0 Å². The monoisotopic (exact) mass is 343 g/mol. The summed E-state index contributed by atoms with van der Waals surface area (Å²) in [5.41, 5.74) is 0. The predicted octanol–water partition coefficient (Wildman–Crippen LogP) is 1.32. The van der Waals surface area contributed by atoms with Gasteiger partial charge in [-0.3, -0.25) is 0 Å². The molecule has 0 aliphatic heterocycles. The summed E-state index contributed by atoms with van der Waals surface area (Å²) in [5, 5.41) is 2.18. The van der Waals surface area contributed by atoms with E-state index in [1.54, 1.807) is 0 Å². The van der Waals surface area contributed by atoms with Crippen LogP contribution in [0.3, 0.4) is 0 Å². The molecular weight excluding hydrogens is 323 g/mol. The summed E-state index contributed by atoms with van der Waals surface area (Å²) in [6.45, 7) is 7.13. The topological polar surface area (TPSA) is 69.6 Å². The third-order valence-electron chi connectivity index (χ3n) is 1.42. The molecule has 84 valence electrons. The van der Waals surface area contributed by atoms with Gasteiger partial charge in [0.15, 0.2) is 0 Å². The molecule has 13 heavy (non-hydrogen) atoms. The summed E-state index contributed by atoms with van der Waals surface area (Å²) < 4.78 is 10.4. The van der Waals surface area contributed by atoms with Gasteiger partial charge in [0, 0.05) is 0 Å². The van der Waals surface area contributed by atoms with E-state index in [9.17, 15) is 4.57 Å². The third-order valence-corrected chi connectivity index (χ3v) is 3.91. The van der Waals surface area contributed by atoms with Gasteiger partial charge in [-0.15, -0.1) is 24.0 Å². The van der Waals surface area contributed by atoms with Crippen molar-refractivity contribution in [3.05, 3.63) is 0 Å². The first-order valence-corrected chi connectivity index (χ1v) is 9.33. The quantitative estimate of drug-likeness (QED) is 0.400. The maximum Gasteiger partial charge on any atom is -0.107 e. The molecule has 0 spiro atoms. The zero-order valence-corrected chi connectivity index (χ0v) is 12.5. The Labute approximate surface area is 97.4 Å². The molecular formula is C6H20INO3P2. The van der Waals surface area contributed by atoms with Crippen molar-refractivity contribution >= 4 is 39.0 Å².